The third-order valence-corrected chi connectivity index (χ3v) is 4.42. The lowest BCUT2D eigenvalue weighted by Crippen LogP contribution is -2.20. The fourth-order valence-corrected chi connectivity index (χ4v) is 3.02. The summed E-state index contributed by atoms with van der Waals surface area (Å²) in [5.41, 5.74) is 3.58. The van der Waals surface area contributed by atoms with E-state index >= 15 is 0 Å². The SMILES string of the molecule is COCCCCn1cc(C(C)NC2CC2)c2ccc(C)nc21. The van der Waals surface area contributed by atoms with E-state index in [1.54, 1.807) is 7.11 Å². The van der Waals surface area contributed by atoms with Gasteiger partial charge in [0.15, 0.2) is 0 Å². The van der Waals surface area contributed by atoms with Crippen molar-refractivity contribution in [3.05, 3.63) is 29.6 Å². The van der Waals surface area contributed by atoms with Crippen LogP contribution in [0.25, 0.3) is 11.0 Å². The molecule has 1 aliphatic rings. The van der Waals surface area contributed by atoms with Gasteiger partial charge in [0.05, 0.1) is 0 Å². The summed E-state index contributed by atoms with van der Waals surface area (Å²) in [5, 5.41) is 5.00. The molecule has 1 unspecified atom stereocenters. The summed E-state index contributed by atoms with van der Waals surface area (Å²) in [6.07, 6.45) is 7.14. The van der Waals surface area contributed by atoms with Crippen LogP contribution in [-0.4, -0.2) is 29.3 Å². The second kappa shape index (κ2) is 6.80. The van der Waals surface area contributed by atoms with Crippen LogP contribution < -0.4 is 5.32 Å². The maximum atomic E-state index is 5.15. The van der Waals surface area contributed by atoms with Crippen molar-refractivity contribution in [2.24, 2.45) is 0 Å². The number of fused-ring (bicyclic) bond motifs is 1. The molecule has 2 aromatic heterocycles. The Balaban J connectivity index is 1.84. The Morgan fingerprint density at radius 2 is 2.18 bits per heavy atom. The highest BCUT2D eigenvalue weighted by Crippen LogP contribution is 2.29. The van der Waals surface area contributed by atoms with Crippen LogP contribution in [0.1, 0.15) is 49.9 Å². The lowest BCUT2D eigenvalue weighted by Gasteiger charge is -2.12. The molecule has 0 aromatic carbocycles. The zero-order valence-electron chi connectivity index (χ0n) is 13.9. The molecule has 0 aliphatic heterocycles. The predicted molar refractivity (Wildman–Crippen MR) is 90.2 cm³/mol. The highest BCUT2D eigenvalue weighted by Gasteiger charge is 2.25. The molecule has 1 fully saturated rings. The molecule has 1 saturated carbocycles. The zero-order valence-corrected chi connectivity index (χ0v) is 13.9. The van der Waals surface area contributed by atoms with Gasteiger partial charge in [-0.3, -0.25) is 0 Å². The predicted octanol–water partition coefficient (Wildman–Crippen LogP) is 3.58. The minimum Gasteiger partial charge on any atom is -0.385 e. The first-order valence-corrected chi connectivity index (χ1v) is 8.40. The quantitative estimate of drug-likeness (QED) is 0.757. The van der Waals surface area contributed by atoms with E-state index in [4.69, 9.17) is 9.72 Å². The van der Waals surface area contributed by atoms with Gasteiger partial charge >= 0.3 is 0 Å². The molecule has 0 spiro atoms. The maximum Gasteiger partial charge on any atom is 0.140 e. The number of methoxy groups -OCH3 is 1. The van der Waals surface area contributed by atoms with Crippen LogP contribution in [0.15, 0.2) is 18.3 Å². The normalized spacial score (nSPS) is 16.3. The highest BCUT2D eigenvalue weighted by molar-refractivity contribution is 5.81. The van der Waals surface area contributed by atoms with Crippen LogP contribution >= 0.6 is 0 Å². The van der Waals surface area contributed by atoms with Gasteiger partial charge in [-0.05, 0) is 57.2 Å². The van der Waals surface area contributed by atoms with Crippen LogP contribution in [0, 0.1) is 6.92 Å². The van der Waals surface area contributed by atoms with Gasteiger partial charge in [0, 0.05) is 49.6 Å². The molecule has 0 bridgehead atoms. The zero-order chi connectivity index (χ0) is 15.5. The lowest BCUT2D eigenvalue weighted by molar-refractivity contribution is 0.191. The van der Waals surface area contributed by atoms with Crippen molar-refractivity contribution in [2.75, 3.05) is 13.7 Å². The molecule has 0 amide bonds. The monoisotopic (exact) mass is 301 g/mol. The van der Waals surface area contributed by atoms with Gasteiger partial charge in [0.2, 0.25) is 0 Å². The Kier molecular flexibility index (Phi) is 4.79. The number of rotatable bonds is 8. The summed E-state index contributed by atoms with van der Waals surface area (Å²) >= 11 is 0. The van der Waals surface area contributed by atoms with E-state index < -0.39 is 0 Å². The van der Waals surface area contributed by atoms with Crippen molar-refractivity contribution in [3.8, 4) is 0 Å². The largest absolute Gasteiger partial charge is 0.385 e. The van der Waals surface area contributed by atoms with Gasteiger partial charge < -0.3 is 14.6 Å². The summed E-state index contributed by atoms with van der Waals surface area (Å²) in [6, 6.07) is 5.45. The Morgan fingerprint density at radius 3 is 2.91 bits per heavy atom. The van der Waals surface area contributed by atoms with E-state index in [0.29, 0.717) is 12.1 Å². The molecular formula is C18H27N3O. The first kappa shape index (κ1) is 15.5. The lowest BCUT2D eigenvalue weighted by atomic mass is 10.1. The molecule has 22 heavy (non-hydrogen) atoms. The van der Waals surface area contributed by atoms with Crippen molar-refractivity contribution >= 4 is 11.0 Å². The third-order valence-electron chi connectivity index (χ3n) is 4.42. The second-order valence-corrected chi connectivity index (χ2v) is 6.46. The molecule has 4 heteroatoms. The fourth-order valence-electron chi connectivity index (χ4n) is 3.02. The summed E-state index contributed by atoms with van der Waals surface area (Å²) in [4.78, 5) is 4.78. The van der Waals surface area contributed by atoms with Gasteiger partial charge in [0.1, 0.15) is 5.65 Å². The minimum atomic E-state index is 0.389. The molecule has 2 aromatic rings. The second-order valence-electron chi connectivity index (χ2n) is 6.46. The van der Waals surface area contributed by atoms with Crippen molar-refractivity contribution < 1.29 is 4.74 Å². The van der Waals surface area contributed by atoms with Gasteiger partial charge in [-0.15, -0.1) is 0 Å². The number of aromatic nitrogens is 2. The van der Waals surface area contributed by atoms with Crippen molar-refractivity contribution in [1.82, 2.24) is 14.9 Å². The molecule has 0 radical (unpaired) electrons. The summed E-state index contributed by atoms with van der Waals surface area (Å²) < 4.78 is 7.46. The first-order valence-electron chi connectivity index (χ1n) is 8.40. The Bertz CT molecular complexity index is 631. The first-order chi connectivity index (χ1) is 10.7. The van der Waals surface area contributed by atoms with Crippen LogP contribution in [0.5, 0.6) is 0 Å². The molecule has 120 valence electrons. The fraction of sp³-hybridized carbons (Fsp3) is 0.611. The maximum absolute atomic E-state index is 5.15. The average Bonchev–Trinajstić information content (AvgIpc) is 3.24. The molecule has 3 rings (SSSR count). The van der Waals surface area contributed by atoms with Crippen LogP contribution in [-0.2, 0) is 11.3 Å². The number of aryl methyl sites for hydroxylation is 2. The van der Waals surface area contributed by atoms with Crippen LogP contribution in [0.2, 0.25) is 0 Å². The van der Waals surface area contributed by atoms with Crippen LogP contribution in [0.4, 0.5) is 0 Å². The van der Waals surface area contributed by atoms with E-state index in [-0.39, 0.29) is 0 Å². The van der Waals surface area contributed by atoms with E-state index in [1.807, 2.05) is 0 Å². The van der Waals surface area contributed by atoms with Gasteiger partial charge in [-0.25, -0.2) is 4.98 Å². The number of hydrogen-bond donors (Lipinski definition) is 1. The van der Waals surface area contributed by atoms with Gasteiger partial charge in [-0.2, -0.15) is 0 Å². The Morgan fingerprint density at radius 1 is 1.36 bits per heavy atom. The molecule has 1 N–H and O–H groups in total. The number of unbranched alkanes of at least 4 members (excludes halogenated alkanes) is 1. The molecule has 0 saturated heterocycles. The molecule has 2 heterocycles. The number of nitrogens with zero attached hydrogens (tertiary/aromatic N) is 2. The molecular weight excluding hydrogens is 274 g/mol. The van der Waals surface area contributed by atoms with E-state index in [9.17, 15) is 0 Å². The summed E-state index contributed by atoms with van der Waals surface area (Å²) in [7, 11) is 1.76. The third kappa shape index (κ3) is 3.50. The topological polar surface area (TPSA) is 39.1 Å². The van der Waals surface area contributed by atoms with E-state index in [0.717, 1.165) is 37.3 Å². The Labute approximate surface area is 132 Å². The smallest absolute Gasteiger partial charge is 0.140 e. The van der Waals surface area contributed by atoms with Gasteiger partial charge in [0.25, 0.3) is 0 Å². The minimum absolute atomic E-state index is 0.389. The molecule has 1 atom stereocenters. The van der Waals surface area contributed by atoms with Crippen molar-refractivity contribution in [2.45, 2.75) is 58.2 Å². The summed E-state index contributed by atoms with van der Waals surface area (Å²) in [5.74, 6) is 0. The van der Waals surface area contributed by atoms with Gasteiger partial charge in [-0.1, -0.05) is 0 Å². The number of hydrogen-bond acceptors (Lipinski definition) is 3. The van der Waals surface area contributed by atoms with E-state index in [1.165, 1.54) is 23.8 Å². The number of pyridine rings is 1. The Hall–Kier alpha value is -1.39. The molecule has 4 nitrogen and oxygen atoms in total. The number of ether oxygens (including phenoxy) is 1. The van der Waals surface area contributed by atoms with Crippen molar-refractivity contribution in [3.63, 3.8) is 0 Å². The van der Waals surface area contributed by atoms with Crippen molar-refractivity contribution in [1.29, 1.82) is 0 Å². The average molecular weight is 301 g/mol. The number of nitrogens with one attached hydrogen (secondary N) is 1. The van der Waals surface area contributed by atoms with Crippen LogP contribution in [0.3, 0.4) is 0 Å². The molecule has 1 aliphatic carbocycles. The van der Waals surface area contributed by atoms with E-state index in [2.05, 4.69) is 42.1 Å². The standard InChI is InChI=1S/C18H27N3O/c1-13-6-9-16-17(14(2)20-15-7-8-15)12-21(18(16)19-13)10-4-5-11-22-3/h6,9,12,14-15,20H,4-5,7-8,10-11H2,1-3H3. The highest BCUT2D eigenvalue weighted by atomic mass is 16.5. The summed E-state index contributed by atoms with van der Waals surface area (Å²) in [6.45, 7) is 6.17.